The van der Waals surface area contributed by atoms with E-state index in [1.807, 2.05) is 0 Å². The van der Waals surface area contributed by atoms with E-state index >= 15 is 0 Å². The number of alkyl halides is 3. The fraction of sp³-hybridized carbons (Fsp3) is 0.656. The van der Waals surface area contributed by atoms with Gasteiger partial charge in [-0.05, 0) is 81.0 Å². The van der Waals surface area contributed by atoms with Crippen LogP contribution >= 0.6 is 0 Å². The smallest absolute Gasteiger partial charge is 0.406 e. The molecule has 0 bridgehead atoms. The fourth-order valence-corrected chi connectivity index (χ4v) is 7.43. The van der Waals surface area contributed by atoms with Crippen molar-refractivity contribution in [1.29, 1.82) is 0 Å². The Hall–Kier alpha value is -1.77. The van der Waals surface area contributed by atoms with Gasteiger partial charge in [0.1, 0.15) is 35.4 Å². The number of pyridine rings is 1. The maximum absolute atomic E-state index is 12.8. The molecule has 5 rings (SSSR count). The van der Waals surface area contributed by atoms with E-state index in [1.165, 1.54) is 23.3 Å². The van der Waals surface area contributed by atoms with Crippen molar-refractivity contribution < 1.29 is 26.8 Å². The minimum atomic E-state index is -4.73. The van der Waals surface area contributed by atoms with Gasteiger partial charge in [-0.2, -0.15) is 4.18 Å². The molecule has 2 aromatic rings. The summed E-state index contributed by atoms with van der Waals surface area (Å²) in [4.78, 5) is 5.37. The largest absolute Gasteiger partial charge is 0.573 e. The standard InChI is InChI=1S/C32H43F3NO3S/c1-19(2)27-25-26(24-22(36-27)17-30(6,7)18-23(24)39-40(8)29(3,4)5)31(15-9-10-16-31)38-28(25)20-11-13-21(14-12-20)37-32(33,34)35/h11-14,19,23,28H,9-10,15-18H2,1-8H3/q+1/t23-,28+,40?/m0/s1. The van der Waals surface area contributed by atoms with Gasteiger partial charge in [0.15, 0.2) is 4.75 Å². The van der Waals surface area contributed by atoms with Crippen LogP contribution in [-0.2, 0) is 32.1 Å². The Kier molecular flexibility index (Phi) is 7.57. The van der Waals surface area contributed by atoms with Gasteiger partial charge in [-0.3, -0.25) is 4.98 Å². The van der Waals surface area contributed by atoms with E-state index in [1.54, 1.807) is 12.1 Å². The quantitative estimate of drug-likeness (QED) is 0.332. The third-order valence-corrected chi connectivity index (χ3v) is 10.9. The molecule has 1 aliphatic heterocycles. The van der Waals surface area contributed by atoms with Crippen LogP contribution in [0.15, 0.2) is 24.3 Å². The molecule has 4 nitrogen and oxygen atoms in total. The summed E-state index contributed by atoms with van der Waals surface area (Å²) in [7, 11) is 0. The zero-order valence-electron chi connectivity index (χ0n) is 25.0. The van der Waals surface area contributed by atoms with Crippen molar-refractivity contribution >= 4 is 11.2 Å². The van der Waals surface area contributed by atoms with Crippen LogP contribution in [-0.4, -0.2) is 22.3 Å². The molecule has 8 heteroatoms. The summed E-state index contributed by atoms with van der Waals surface area (Å²) in [5.41, 5.74) is 6.15. The first-order chi connectivity index (χ1) is 18.5. The van der Waals surface area contributed by atoms with Gasteiger partial charge < -0.3 is 9.47 Å². The Labute approximate surface area is 239 Å². The molecule has 220 valence electrons. The predicted molar refractivity (Wildman–Crippen MR) is 153 cm³/mol. The first kappa shape index (κ1) is 29.7. The van der Waals surface area contributed by atoms with Gasteiger partial charge in [-0.25, -0.2) is 0 Å². The highest BCUT2D eigenvalue weighted by atomic mass is 32.2. The highest BCUT2D eigenvalue weighted by Gasteiger charge is 2.54. The number of halogens is 3. The molecule has 1 saturated carbocycles. The van der Waals surface area contributed by atoms with Crippen molar-refractivity contribution in [3.05, 3.63) is 57.9 Å². The van der Waals surface area contributed by atoms with Gasteiger partial charge in [-0.15, -0.1) is 13.2 Å². The molecule has 0 saturated heterocycles. The molecule has 0 amide bonds. The van der Waals surface area contributed by atoms with Gasteiger partial charge in [0, 0.05) is 22.5 Å². The van der Waals surface area contributed by atoms with Crippen LogP contribution in [0.4, 0.5) is 13.2 Å². The minimum absolute atomic E-state index is 0.0144. The molecular weight excluding hydrogens is 535 g/mol. The molecular formula is C32H43F3NO3S+. The monoisotopic (exact) mass is 578 g/mol. The highest BCUT2D eigenvalue weighted by molar-refractivity contribution is 7.93. The summed E-state index contributed by atoms with van der Waals surface area (Å²) in [5, 5.41) is 0. The van der Waals surface area contributed by atoms with E-state index in [0.29, 0.717) is 0 Å². The zero-order chi connectivity index (χ0) is 29.3. The SMILES string of the molecule is CC(C)c1nc2c(c3c1[C@@H](c1ccc(OC(F)(F)F)cc1)OC31CCCC1)[C@@H](O[S+](C)C(C)(C)C)CC(C)(C)C2. The van der Waals surface area contributed by atoms with E-state index in [2.05, 4.69) is 59.5 Å². The highest BCUT2D eigenvalue weighted by Crippen LogP contribution is 2.60. The normalized spacial score (nSPS) is 24.3. The topological polar surface area (TPSA) is 40.6 Å². The van der Waals surface area contributed by atoms with Crippen molar-refractivity contribution in [3.63, 3.8) is 0 Å². The molecule has 1 aromatic carbocycles. The van der Waals surface area contributed by atoms with Crippen molar-refractivity contribution in [2.24, 2.45) is 5.41 Å². The van der Waals surface area contributed by atoms with Crippen LogP contribution in [0.25, 0.3) is 0 Å². The van der Waals surface area contributed by atoms with E-state index in [9.17, 15) is 13.2 Å². The summed E-state index contributed by atoms with van der Waals surface area (Å²) >= 11 is -0.279. The Morgan fingerprint density at radius 3 is 2.20 bits per heavy atom. The van der Waals surface area contributed by atoms with Crippen molar-refractivity contribution in [1.82, 2.24) is 4.98 Å². The number of hydrogen-bond donors (Lipinski definition) is 0. The lowest BCUT2D eigenvalue weighted by Gasteiger charge is -2.39. The molecule has 3 aliphatic rings. The van der Waals surface area contributed by atoms with Crippen LogP contribution < -0.4 is 4.74 Å². The summed E-state index contributed by atoms with van der Waals surface area (Å²) < 4.78 is 56.7. The van der Waals surface area contributed by atoms with Gasteiger partial charge >= 0.3 is 6.36 Å². The number of nitrogens with zero attached hydrogens (tertiary/aromatic N) is 1. The number of benzene rings is 1. The Bertz CT molecular complexity index is 1240. The lowest BCUT2D eigenvalue weighted by atomic mass is 9.70. The fourth-order valence-electron chi connectivity index (χ4n) is 6.63. The Morgan fingerprint density at radius 2 is 1.65 bits per heavy atom. The predicted octanol–water partition coefficient (Wildman–Crippen LogP) is 8.98. The van der Waals surface area contributed by atoms with Gasteiger partial charge in [0.2, 0.25) is 0 Å². The summed E-state index contributed by atoms with van der Waals surface area (Å²) in [5.74, 6) is -0.0696. The number of rotatable bonds is 5. The first-order valence-electron chi connectivity index (χ1n) is 14.4. The number of ether oxygens (including phenoxy) is 2. The van der Waals surface area contributed by atoms with Gasteiger partial charge in [0.05, 0.1) is 5.60 Å². The zero-order valence-corrected chi connectivity index (χ0v) is 25.8. The molecule has 1 spiro atoms. The number of hydrogen-bond acceptors (Lipinski definition) is 4. The first-order valence-corrected chi connectivity index (χ1v) is 16.0. The summed E-state index contributed by atoms with van der Waals surface area (Å²) in [6, 6.07) is 6.17. The van der Waals surface area contributed by atoms with E-state index < -0.39 is 18.1 Å². The van der Waals surface area contributed by atoms with Gasteiger partial charge in [-0.1, -0.05) is 52.7 Å². The van der Waals surface area contributed by atoms with Crippen LogP contribution in [0, 0.1) is 5.41 Å². The lowest BCUT2D eigenvalue weighted by molar-refractivity contribution is -0.274. The average Bonchev–Trinajstić information content (AvgIpc) is 3.42. The minimum Gasteiger partial charge on any atom is -0.406 e. The summed E-state index contributed by atoms with van der Waals surface area (Å²) in [6.07, 6.45) is 2.77. The molecule has 0 N–H and O–H groups in total. The molecule has 1 aromatic heterocycles. The maximum Gasteiger partial charge on any atom is 0.573 e. The molecule has 2 aliphatic carbocycles. The van der Waals surface area contributed by atoms with Crippen LogP contribution in [0.3, 0.4) is 0 Å². The molecule has 2 heterocycles. The third-order valence-electron chi connectivity index (χ3n) is 8.65. The summed E-state index contributed by atoms with van der Waals surface area (Å²) in [6.45, 7) is 15.6. The Balaban J connectivity index is 1.69. The molecule has 1 fully saturated rings. The average molecular weight is 579 g/mol. The van der Waals surface area contributed by atoms with Crippen molar-refractivity contribution in [2.45, 2.75) is 122 Å². The lowest BCUT2D eigenvalue weighted by Crippen LogP contribution is -2.36. The maximum atomic E-state index is 12.8. The second-order valence-corrected chi connectivity index (χ2v) is 16.1. The van der Waals surface area contributed by atoms with Crippen LogP contribution in [0.2, 0.25) is 0 Å². The second kappa shape index (κ2) is 10.2. The van der Waals surface area contributed by atoms with Crippen LogP contribution in [0.5, 0.6) is 5.75 Å². The van der Waals surface area contributed by atoms with Gasteiger partial charge in [0.25, 0.3) is 0 Å². The molecule has 1 unspecified atom stereocenters. The molecule has 3 atom stereocenters. The second-order valence-electron chi connectivity index (χ2n) is 13.8. The van der Waals surface area contributed by atoms with E-state index in [0.717, 1.165) is 61.0 Å². The Morgan fingerprint density at radius 1 is 1.02 bits per heavy atom. The number of aromatic nitrogens is 1. The number of fused-ring (bicyclic) bond motifs is 4. The van der Waals surface area contributed by atoms with Crippen molar-refractivity contribution in [2.75, 3.05) is 6.26 Å². The van der Waals surface area contributed by atoms with E-state index in [-0.39, 0.29) is 39.1 Å². The molecule has 40 heavy (non-hydrogen) atoms. The van der Waals surface area contributed by atoms with Crippen molar-refractivity contribution in [3.8, 4) is 5.75 Å². The third kappa shape index (κ3) is 5.65. The van der Waals surface area contributed by atoms with E-state index in [4.69, 9.17) is 13.9 Å². The molecule has 0 radical (unpaired) electrons. The van der Waals surface area contributed by atoms with Crippen LogP contribution in [0.1, 0.15) is 132 Å².